The van der Waals surface area contributed by atoms with Crippen LogP contribution in [0.15, 0.2) is 35.3 Å². The molecule has 3 aromatic rings. The number of aromatic nitrogens is 3. The molecule has 1 aromatic carbocycles. The minimum Gasteiger partial charge on any atom is -0.454 e. The highest BCUT2D eigenvalue weighted by molar-refractivity contribution is 5.92. The first-order valence-electron chi connectivity index (χ1n) is 9.61. The fourth-order valence-electron chi connectivity index (χ4n) is 3.61. The van der Waals surface area contributed by atoms with Crippen LogP contribution in [0.1, 0.15) is 0 Å². The zero-order valence-corrected chi connectivity index (χ0v) is 15.8. The molecule has 1 saturated heterocycles. The number of hydrogen-bond acceptors (Lipinski definition) is 8. The number of pyridine rings is 1. The van der Waals surface area contributed by atoms with Gasteiger partial charge in [-0.05, 0) is 29.3 Å². The summed E-state index contributed by atoms with van der Waals surface area (Å²) < 4.78 is 16.2. The van der Waals surface area contributed by atoms with E-state index in [2.05, 4.69) is 25.2 Å². The fraction of sp³-hybridized carbons (Fsp3) is 0.350. The van der Waals surface area contributed by atoms with Crippen molar-refractivity contribution in [2.45, 2.75) is 0 Å². The molecular formula is C20H21N5O4. The van der Waals surface area contributed by atoms with Crippen LogP contribution in [0.5, 0.6) is 11.5 Å². The SMILES string of the molecule is O=c1[nH]c(NCCN2CCOCC2)nc2nccc(-c3ccc4c(c3)OCO4)c12. The van der Waals surface area contributed by atoms with Crippen molar-refractivity contribution in [2.24, 2.45) is 0 Å². The van der Waals surface area contributed by atoms with Gasteiger partial charge in [0.05, 0.1) is 18.6 Å². The molecule has 9 heteroatoms. The van der Waals surface area contributed by atoms with E-state index in [-0.39, 0.29) is 12.4 Å². The number of anilines is 1. The van der Waals surface area contributed by atoms with Crippen LogP contribution < -0.4 is 20.3 Å². The summed E-state index contributed by atoms with van der Waals surface area (Å²) in [4.78, 5) is 26.8. The molecule has 0 atom stereocenters. The highest BCUT2D eigenvalue weighted by Crippen LogP contribution is 2.36. The number of fused-ring (bicyclic) bond motifs is 2. The van der Waals surface area contributed by atoms with Gasteiger partial charge in [-0.2, -0.15) is 4.98 Å². The van der Waals surface area contributed by atoms with E-state index in [0.29, 0.717) is 35.0 Å². The summed E-state index contributed by atoms with van der Waals surface area (Å²) in [6, 6.07) is 7.41. The van der Waals surface area contributed by atoms with Gasteiger partial charge in [0, 0.05) is 32.4 Å². The highest BCUT2D eigenvalue weighted by Gasteiger charge is 2.17. The zero-order chi connectivity index (χ0) is 19.6. The first-order chi connectivity index (χ1) is 14.3. The number of rotatable bonds is 5. The van der Waals surface area contributed by atoms with Gasteiger partial charge in [-0.1, -0.05) is 6.07 Å². The fourth-order valence-corrected chi connectivity index (χ4v) is 3.61. The Labute approximate surface area is 166 Å². The third-order valence-electron chi connectivity index (χ3n) is 5.12. The van der Waals surface area contributed by atoms with Gasteiger partial charge in [0.25, 0.3) is 5.56 Å². The van der Waals surface area contributed by atoms with Crippen molar-refractivity contribution in [3.8, 4) is 22.6 Å². The van der Waals surface area contributed by atoms with E-state index in [1.165, 1.54) is 0 Å². The number of aromatic amines is 1. The minimum absolute atomic E-state index is 0.206. The van der Waals surface area contributed by atoms with Crippen molar-refractivity contribution >= 4 is 17.0 Å². The average molecular weight is 395 g/mol. The van der Waals surface area contributed by atoms with E-state index in [0.717, 1.165) is 44.0 Å². The van der Waals surface area contributed by atoms with Crippen LogP contribution in [0.2, 0.25) is 0 Å². The quantitative estimate of drug-likeness (QED) is 0.670. The van der Waals surface area contributed by atoms with Crippen molar-refractivity contribution in [1.29, 1.82) is 0 Å². The molecule has 0 aliphatic carbocycles. The van der Waals surface area contributed by atoms with Crippen LogP contribution in [-0.2, 0) is 4.74 Å². The molecule has 5 rings (SSSR count). The Kier molecular flexibility index (Phi) is 4.74. The second kappa shape index (κ2) is 7.69. The molecule has 2 aliphatic heterocycles. The number of morpholine rings is 1. The maximum atomic E-state index is 12.8. The largest absolute Gasteiger partial charge is 0.454 e. The molecule has 2 aliphatic rings. The van der Waals surface area contributed by atoms with Gasteiger partial charge in [0.1, 0.15) is 0 Å². The Morgan fingerprint density at radius 3 is 2.90 bits per heavy atom. The first-order valence-corrected chi connectivity index (χ1v) is 9.61. The number of H-pyrrole nitrogens is 1. The molecule has 1 fully saturated rings. The van der Waals surface area contributed by atoms with Gasteiger partial charge in [0.15, 0.2) is 17.1 Å². The van der Waals surface area contributed by atoms with Gasteiger partial charge in [-0.3, -0.25) is 14.7 Å². The Morgan fingerprint density at radius 2 is 2.00 bits per heavy atom. The number of ether oxygens (including phenoxy) is 3. The first kappa shape index (κ1) is 17.9. The maximum absolute atomic E-state index is 12.8. The molecule has 0 unspecified atom stereocenters. The topological polar surface area (TPSA) is 102 Å². The Hall–Kier alpha value is -3.17. The summed E-state index contributed by atoms with van der Waals surface area (Å²) in [7, 11) is 0. The molecule has 0 bridgehead atoms. The lowest BCUT2D eigenvalue weighted by Crippen LogP contribution is -2.39. The molecule has 2 N–H and O–H groups in total. The van der Waals surface area contributed by atoms with E-state index >= 15 is 0 Å². The number of nitrogens with one attached hydrogen (secondary N) is 2. The predicted molar refractivity (Wildman–Crippen MR) is 107 cm³/mol. The molecule has 29 heavy (non-hydrogen) atoms. The van der Waals surface area contributed by atoms with Gasteiger partial charge < -0.3 is 19.5 Å². The van der Waals surface area contributed by atoms with E-state index in [1.54, 1.807) is 6.20 Å². The third kappa shape index (κ3) is 3.62. The van der Waals surface area contributed by atoms with Gasteiger partial charge in [-0.15, -0.1) is 0 Å². The molecule has 0 amide bonds. The number of benzene rings is 1. The molecule has 4 heterocycles. The van der Waals surface area contributed by atoms with E-state index in [1.807, 2.05) is 24.3 Å². The summed E-state index contributed by atoms with van der Waals surface area (Å²) >= 11 is 0. The molecule has 9 nitrogen and oxygen atoms in total. The van der Waals surface area contributed by atoms with Crippen molar-refractivity contribution in [3.63, 3.8) is 0 Å². The van der Waals surface area contributed by atoms with E-state index < -0.39 is 0 Å². The molecule has 0 spiro atoms. The lowest BCUT2D eigenvalue weighted by molar-refractivity contribution is 0.0398. The lowest BCUT2D eigenvalue weighted by atomic mass is 10.0. The van der Waals surface area contributed by atoms with Gasteiger partial charge in [-0.25, -0.2) is 4.98 Å². The summed E-state index contributed by atoms with van der Waals surface area (Å²) in [5, 5.41) is 3.64. The monoisotopic (exact) mass is 395 g/mol. The van der Waals surface area contributed by atoms with Crippen LogP contribution in [-0.4, -0.2) is 66.0 Å². The van der Waals surface area contributed by atoms with Crippen LogP contribution in [0.4, 0.5) is 5.95 Å². The normalized spacial score (nSPS) is 16.3. The summed E-state index contributed by atoms with van der Waals surface area (Å²) in [6.45, 7) is 5.10. The lowest BCUT2D eigenvalue weighted by Gasteiger charge is -2.26. The zero-order valence-electron chi connectivity index (χ0n) is 15.8. The summed E-state index contributed by atoms with van der Waals surface area (Å²) in [5.74, 6) is 1.79. The average Bonchev–Trinajstić information content (AvgIpc) is 3.22. The maximum Gasteiger partial charge on any atom is 0.262 e. The van der Waals surface area contributed by atoms with Crippen molar-refractivity contribution in [1.82, 2.24) is 19.9 Å². The van der Waals surface area contributed by atoms with E-state index in [4.69, 9.17) is 14.2 Å². The van der Waals surface area contributed by atoms with Crippen LogP contribution >= 0.6 is 0 Å². The predicted octanol–water partition coefficient (Wildman–Crippen LogP) is 1.46. The van der Waals surface area contributed by atoms with Crippen molar-refractivity contribution in [2.75, 3.05) is 51.5 Å². The molecule has 0 radical (unpaired) electrons. The molecular weight excluding hydrogens is 374 g/mol. The second-order valence-corrected chi connectivity index (χ2v) is 6.92. The van der Waals surface area contributed by atoms with Gasteiger partial charge >= 0.3 is 0 Å². The molecule has 0 saturated carbocycles. The summed E-state index contributed by atoms with van der Waals surface area (Å²) in [6.07, 6.45) is 1.66. The summed E-state index contributed by atoms with van der Waals surface area (Å²) in [5.41, 5.74) is 1.77. The Bertz CT molecular complexity index is 1090. The number of nitrogens with zero attached hydrogens (tertiary/aromatic N) is 3. The Balaban J connectivity index is 1.40. The van der Waals surface area contributed by atoms with Crippen molar-refractivity contribution < 1.29 is 14.2 Å². The van der Waals surface area contributed by atoms with E-state index in [9.17, 15) is 4.79 Å². The highest BCUT2D eigenvalue weighted by atomic mass is 16.7. The number of hydrogen-bond donors (Lipinski definition) is 2. The van der Waals surface area contributed by atoms with Crippen LogP contribution in [0.25, 0.3) is 22.2 Å². The minimum atomic E-state index is -0.232. The second-order valence-electron chi connectivity index (χ2n) is 6.92. The van der Waals surface area contributed by atoms with Crippen LogP contribution in [0, 0.1) is 0 Å². The van der Waals surface area contributed by atoms with Crippen LogP contribution in [0.3, 0.4) is 0 Å². The Morgan fingerprint density at radius 1 is 1.14 bits per heavy atom. The van der Waals surface area contributed by atoms with Crippen molar-refractivity contribution in [3.05, 3.63) is 40.8 Å². The van der Waals surface area contributed by atoms with Gasteiger partial charge in [0.2, 0.25) is 12.7 Å². The smallest absolute Gasteiger partial charge is 0.262 e. The third-order valence-corrected chi connectivity index (χ3v) is 5.12. The molecule has 2 aromatic heterocycles. The standard InChI is InChI=1S/C20H21N5O4/c26-19-17-14(13-1-2-15-16(11-13)29-12-28-15)3-4-21-18(17)23-20(24-19)22-5-6-25-7-9-27-10-8-25/h1-4,11H,5-10,12H2,(H2,21,22,23,24,26). The molecule has 150 valence electrons.